The van der Waals surface area contributed by atoms with Gasteiger partial charge in [-0.15, -0.1) is 11.8 Å². The summed E-state index contributed by atoms with van der Waals surface area (Å²) in [4.78, 5) is 58.5. The third kappa shape index (κ3) is 4.64. The van der Waals surface area contributed by atoms with Crippen LogP contribution in [0.3, 0.4) is 0 Å². The molecule has 3 fully saturated rings. The number of thioether (sulfide) groups is 1. The molecule has 3 amide bonds. The average Bonchev–Trinajstić information content (AvgIpc) is 3.77. The number of fused-ring (bicyclic) bond motifs is 9. The van der Waals surface area contributed by atoms with Gasteiger partial charge in [0.15, 0.2) is 6.61 Å². The van der Waals surface area contributed by atoms with Crippen molar-refractivity contribution in [2.24, 2.45) is 29.6 Å². The minimum Gasteiger partial charge on any atom is -0.508 e. The number of para-hydroxylation sites is 1. The third-order valence-corrected chi connectivity index (χ3v) is 12.7. The summed E-state index contributed by atoms with van der Waals surface area (Å²) in [6, 6.07) is 21.0. The van der Waals surface area contributed by atoms with E-state index in [1.54, 1.807) is 36.0 Å². The van der Waals surface area contributed by atoms with E-state index in [9.17, 15) is 24.3 Å². The molecule has 1 saturated heterocycles. The predicted molar refractivity (Wildman–Crippen MR) is 174 cm³/mol. The number of phenols is 1. The van der Waals surface area contributed by atoms with Crippen LogP contribution in [0.2, 0.25) is 0 Å². The Balaban J connectivity index is 1.12. The first kappa shape index (κ1) is 28.6. The van der Waals surface area contributed by atoms with Gasteiger partial charge in [0.1, 0.15) is 11.5 Å². The Bertz CT molecular complexity index is 1910. The van der Waals surface area contributed by atoms with Crippen LogP contribution in [0.25, 0.3) is 0 Å². The van der Waals surface area contributed by atoms with Crippen LogP contribution in [0.15, 0.2) is 87.1 Å². The molecule has 0 spiro atoms. The highest BCUT2D eigenvalue weighted by Gasteiger charge is 2.69. The number of nitrogens with zero attached hydrogens (tertiary/aromatic N) is 1. The Labute approximate surface area is 274 Å². The van der Waals surface area contributed by atoms with E-state index in [1.807, 2.05) is 36.4 Å². The number of aromatic amines is 1. The molecule has 8 rings (SSSR count). The van der Waals surface area contributed by atoms with Crippen LogP contribution in [-0.2, 0) is 14.4 Å². The van der Waals surface area contributed by atoms with E-state index >= 15 is 0 Å². The number of benzene rings is 3. The van der Waals surface area contributed by atoms with Gasteiger partial charge in [-0.25, -0.2) is 0 Å². The van der Waals surface area contributed by atoms with E-state index in [4.69, 9.17) is 4.74 Å². The lowest BCUT2D eigenvalue weighted by molar-refractivity contribution is -0.123. The highest BCUT2D eigenvalue weighted by Crippen LogP contribution is 2.69. The first-order chi connectivity index (χ1) is 21.8. The van der Waals surface area contributed by atoms with Gasteiger partial charge in [-0.3, -0.25) is 24.1 Å². The maximum atomic E-state index is 14.0. The molecule has 4 aliphatic rings. The molecule has 228 valence electrons. The van der Waals surface area contributed by atoms with Crippen LogP contribution in [0.5, 0.6) is 11.5 Å². The lowest BCUT2D eigenvalue weighted by Crippen LogP contribution is -2.42. The van der Waals surface area contributed by atoms with Crippen molar-refractivity contribution in [3.8, 4) is 11.5 Å². The monoisotopic (exact) mass is 703 g/mol. The van der Waals surface area contributed by atoms with Gasteiger partial charge >= 0.3 is 4.87 Å². The van der Waals surface area contributed by atoms with Crippen molar-refractivity contribution in [3.63, 3.8) is 0 Å². The van der Waals surface area contributed by atoms with Crippen molar-refractivity contribution in [3.05, 3.63) is 97.4 Å². The number of amides is 3. The molecule has 12 heteroatoms. The first-order valence-electron chi connectivity index (χ1n) is 14.6. The number of halogens is 1. The topological polar surface area (TPSA) is 129 Å². The van der Waals surface area contributed by atoms with Crippen molar-refractivity contribution < 1.29 is 24.2 Å². The lowest BCUT2D eigenvalue weighted by Gasteiger charge is -2.43. The number of aromatic hydroxyl groups is 1. The van der Waals surface area contributed by atoms with Gasteiger partial charge in [0.2, 0.25) is 11.8 Å². The third-order valence-electron chi connectivity index (χ3n) is 9.57. The highest BCUT2D eigenvalue weighted by atomic mass is 79.9. The van der Waals surface area contributed by atoms with Gasteiger partial charge in [-0.2, -0.15) is 0 Å². The Kier molecular flexibility index (Phi) is 6.92. The second-order valence-electron chi connectivity index (χ2n) is 11.9. The van der Waals surface area contributed by atoms with Crippen molar-refractivity contribution in [2.75, 3.05) is 16.8 Å². The van der Waals surface area contributed by atoms with Gasteiger partial charge in [0.25, 0.3) is 5.91 Å². The van der Waals surface area contributed by atoms with Crippen molar-refractivity contribution >= 4 is 68.1 Å². The number of nitrogens with one attached hydrogen (secondary N) is 2. The molecule has 2 aliphatic carbocycles. The van der Waals surface area contributed by atoms with Crippen molar-refractivity contribution in [2.45, 2.75) is 22.6 Å². The summed E-state index contributed by atoms with van der Waals surface area (Å²) in [5.41, 5.74) is 1.97. The standard InChI is InChI=1S/C33H26BrN3O6S2/c34-15-5-9-17(10-6-15)37-31(40)26-20-13-21(27(26)32(37)41)28-25(20)24(29-30(44-28)36-33(42)45-29)19-3-1-2-4-22(19)43-14-23(39)35-16-7-11-18(38)12-8-16/h1-12,20-21,24-28,38H,13-14H2,(H,35,39)(H,36,42)/t20?,21?,24-,25?,26?,27?,28?/m1/s1. The zero-order valence-electron chi connectivity index (χ0n) is 23.5. The Morgan fingerprint density at radius 3 is 2.44 bits per heavy atom. The van der Waals surface area contributed by atoms with Gasteiger partial charge < -0.3 is 20.1 Å². The van der Waals surface area contributed by atoms with E-state index in [-0.39, 0.29) is 69.8 Å². The van der Waals surface area contributed by atoms with Gasteiger partial charge in [-0.05, 0) is 78.8 Å². The van der Waals surface area contributed by atoms with Crippen molar-refractivity contribution in [1.82, 2.24) is 4.98 Å². The Hall–Kier alpha value is -3.87. The van der Waals surface area contributed by atoms with Crippen LogP contribution in [0, 0.1) is 29.6 Å². The molecular weight excluding hydrogens is 678 g/mol. The normalized spacial score (nSPS) is 27.7. The molecule has 0 radical (unpaired) electrons. The molecule has 2 saturated carbocycles. The van der Waals surface area contributed by atoms with Crippen LogP contribution >= 0.6 is 39.0 Å². The maximum Gasteiger partial charge on any atom is 0.305 e. The number of carbonyl (C=O) groups excluding carboxylic acids is 3. The fourth-order valence-corrected chi connectivity index (χ4v) is 11.1. The van der Waals surface area contributed by atoms with E-state index in [0.717, 1.165) is 26.4 Å². The molecule has 3 N–H and O–H groups in total. The number of aromatic nitrogens is 1. The van der Waals surface area contributed by atoms with Gasteiger partial charge in [0, 0.05) is 31.8 Å². The van der Waals surface area contributed by atoms with Gasteiger partial charge in [0.05, 0.1) is 22.5 Å². The summed E-state index contributed by atoms with van der Waals surface area (Å²) in [7, 11) is 0. The van der Waals surface area contributed by atoms with Crippen LogP contribution in [0.1, 0.15) is 22.8 Å². The molecule has 9 nitrogen and oxygen atoms in total. The SMILES string of the molecule is O=C(COc1ccccc1[C@H]1c2sc(=O)[nH]c2SC2C3CC(C4C(=O)N(c5ccc(Br)cc5)C(=O)C34)C21)Nc1ccc(O)cc1. The maximum absolute atomic E-state index is 14.0. The predicted octanol–water partition coefficient (Wildman–Crippen LogP) is 5.60. The molecular formula is C33H26BrN3O6S2. The quantitative estimate of drug-likeness (QED) is 0.176. The molecule has 1 aromatic heterocycles. The molecule has 4 aromatic rings. The summed E-state index contributed by atoms with van der Waals surface area (Å²) in [5.74, 6) is -1.11. The van der Waals surface area contributed by atoms with Crippen LogP contribution in [0.4, 0.5) is 11.4 Å². The number of ether oxygens (including phenoxy) is 1. The number of thiazole rings is 1. The molecule has 3 heterocycles. The van der Waals surface area contributed by atoms with E-state index < -0.39 is 5.92 Å². The number of hydrogen-bond acceptors (Lipinski definition) is 8. The summed E-state index contributed by atoms with van der Waals surface area (Å²) >= 11 is 6.24. The number of carbonyl (C=O) groups is 3. The summed E-state index contributed by atoms with van der Waals surface area (Å²) in [6.07, 6.45) is 0.775. The summed E-state index contributed by atoms with van der Waals surface area (Å²) in [5, 5.41) is 13.1. The number of H-pyrrole nitrogens is 1. The Morgan fingerprint density at radius 1 is 0.978 bits per heavy atom. The molecule has 6 unspecified atom stereocenters. The number of anilines is 2. The number of hydrogen-bond donors (Lipinski definition) is 3. The fraction of sp³-hybridized carbons (Fsp3) is 0.273. The molecule has 2 bridgehead atoms. The zero-order valence-corrected chi connectivity index (χ0v) is 26.7. The number of rotatable bonds is 6. The molecule has 7 atom stereocenters. The largest absolute Gasteiger partial charge is 0.508 e. The minimum atomic E-state index is -0.420. The smallest absolute Gasteiger partial charge is 0.305 e. The van der Waals surface area contributed by atoms with E-state index in [1.165, 1.54) is 28.4 Å². The fourth-order valence-electron chi connectivity index (χ4n) is 7.96. The Morgan fingerprint density at radius 2 is 1.69 bits per heavy atom. The summed E-state index contributed by atoms with van der Waals surface area (Å²) in [6.45, 7) is -0.241. The average molecular weight is 705 g/mol. The second-order valence-corrected chi connectivity index (χ2v) is 15.0. The molecule has 2 aliphatic heterocycles. The highest BCUT2D eigenvalue weighted by molar-refractivity contribution is 9.10. The van der Waals surface area contributed by atoms with E-state index in [2.05, 4.69) is 26.2 Å². The zero-order chi connectivity index (χ0) is 31.0. The second kappa shape index (κ2) is 10.9. The molecule has 3 aromatic carbocycles. The number of phenolic OH excluding ortho intramolecular Hbond substituents is 1. The molecule has 45 heavy (non-hydrogen) atoms. The van der Waals surface area contributed by atoms with Crippen LogP contribution < -0.4 is 19.8 Å². The summed E-state index contributed by atoms with van der Waals surface area (Å²) < 4.78 is 6.99. The van der Waals surface area contributed by atoms with E-state index in [0.29, 0.717) is 17.1 Å². The van der Waals surface area contributed by atoms with Gasteiger partial charge in [-0.1, -0.05) is 45.5 Å². The lowest BCUT2D eigenvalue weighted by atomic mass is 9.68. The number of imide groups is 1. The van der Waals surface area contributed by atoms with Crippen LogP contribution in [-0.4, -0.2) is 39.7 Å². The first-order valence-corrected chi connectivity index (χ1v) is 17.1. The van der Waals surface area contributed by atoms with Crippen molar-refractivity contribution in [1.29, 1.82) is 0 Å². The minimum absolute atomic E-state index is 0.00242.